The Labute approximate surface area is 363 Å². The molecular formula is C57H32N4OS. The van der Waals surface area contributed by atoms with E-state index in [0.717, 1.165) is 71.5 Å². The largest absolute Gasteiger partial charge is 0.456 e. The average molecular weight is 821 g/mol. The lowest BCUT2D eigenvalue weighted by Crippen LogP contribution is -2.00. The molecule has 6 heteroatoms. The van der Waals surface area contributed by atoms with Crippen molar-refractivity contribution >= 4 is 108 Å². The highest BCUT2D eigenvalue weighted by Gasteiger charge is 2.21. The Kier molecular flexibility index (Phi) is 7.21. The lowest BCUT2D eigenvalue weighted by atomic mass is 10.0. The van der Waals surface area contributed by atoms with Gasteiger partial charge in [-0.15, -0.1) is 11.3 Å². The maximum absolute atomic E-state index is 6.81. The van der Waals surface area contributed by atoms with Gasteiger partial charge in [0.15, 0.2) is 17.5 Å². The molecule has 0 aliphatic heterocycles. The minimum atomic E-state index is 0.606. The van der Waals surface area contributed by atoms with E-state index >= 15 is 0 Å². The van der Waals surface area contributed by atoms with Gasteiger partial charge < -0.3 is 8.98 Å². The zero-order valence-electron chi connectivity index (χ0n) is 33.6. The summed E-state index contributed by atoms with van der Waals surface area (Å²) in [5, 5.41) is 14.0. The third-order valence-electron chi connectivity index (χ3n) is 12.8. The molecule has 14 aromatic rings. The molecule has 292 valence electrons. The van der Waals surface area contributed by atoms with Gasteiger partial charge in [-0.1, -0.05) is 133 Å². The standard InChI is InChI=1S/C57H32N4OS/c1-2-12-34-27-37(22-21-33(34)11-1)55-58-56(60-57(59-55)39-23-25-43-42-17-8-10-20-52(42)63-53(43)31-39)38-24-26-50-46(29-38)54-44-18-6-5-15-40(44)49(32-51(54)62-50)61-47-19-9-7-16-41(47)45-28-35-13-3-4-14-36(35)30-48(45)61/h1-32H. The van der Waals surface area contributed by atoms with Crippen LogP contribution in [0.25, 0.3) is 136 Å². The van der Waals surface area contributed by atoms with Crippen molar-refractivity contribution in [1.29, 1.82) is 0 Å². The molecule has 0 bridgehead atoms. The fourth-order valence-electron chi connectivity index (χ4n) is 9.82. The summed E-state index contributed by atoms with van der Waals surface area (Å²) in [5.41, 5.74) is 7.81. The molecule has 4 heterocycles. The average Bonchev–Trinajstić information content (AvgIpc) is 4.01. The summed E-state index contributed by atoms with van der Waals surface area (Å²) in [7, 11) is 0. The molecule has 0 amide bonds. The normalized spacial score (nSPS) is 12.1. The number of hydrogen-bond acceptors (Lipinski definition) is 5. The first kappa shape index (κ1) is 34.5. The summed E-state index contributed by atoms with van der Waals surface area (Å²) in [5.74, 6) is 1.87. The zero-order valence-corrected chi connectivity index (χ0v) is 34.4. The summed E-state index contributed by atoms with van der Waals surface area (Å²) in [6.07, 6.45) is 0. The molecule has 4 aromatic heterocycles. The monoisotopic (exact) mass is 820 g/mol. The van der Waals surface area contributed by atoms with Crippen LogP contribution in [0.1, 0.15) is 0 Å². The van der Waals surface area contributed by atoms with E-state index < -0.39 is 0 Å². The molecule has 0 aliphatic rings. The molecule has 0 atom stereocenters. The van der Waals surface area contributed by atoms with Crippen molar-refractivity contribution in [2.24, 2.45) is 0 Å². The zero-order chi connectivity index (χ0) is 41.2. The van der Waals surface area contributed by atoms with Gasteiger partial charge in [0.05, 0.1) is 16.7 Å². The molecule has 0 unspecified atom stereocenters. The van der Waals surface area contributed by atoms with Crippen LogP contribution in [0, 0.1) is 0 Å². The molecule has 10 aromatic carbocycles. The Morgan fingerprint density at radius 3 is 1.75 bits per heavy atom. The Balaban J connectivity index is 0.982. The van der Waals surface area contributed by atoms with Crippen molar-refractivity contribution in [1.82, 2.24) is 19.5 Å². The maximum atomic E-state index is 6.81. The fourth-order valence-corrected chi connectivity index (χ4v) is 11.0. The Morgan fingerprint density at radius 2 is 0.937 bits per heavy atom. The van der Waals surface area contributed by atoms with Crippen molar-refractivity contribution in [3.8, 4) is 39.9 Å². The lowest BCUT2D eigenvalue weighted by Gasteiger charge is -2.13. The van der Waals surface area contributed by atoms with E-state index in [1.54, 1.807) is 11.3 Å². The lowest BCUT2D eigenvalue weighted by molar-refractivity contribution is 0.669. The second-order valence-corrected chi connectivity index (χ2v) is 17.5. The number of thiophene rings is 1. The molecule has 0 fully saturated rings. The van der Waals surface area contributed by atoms with Crippen LogP contribution in [-0.4, -0.2) is 19.5 Å². The van der Waals surface area contributed by atoms with E-state index in [4.69, 9.17) is 19.4 Å². The number of rotatable bonds is 4. The van der Waals surface area contributed by atoms with Crippen molar-refractivity contribution in [2.75, 3.05) is 0 Å². The van der Waals surface area contributed by atoms with Gasteiger partial charge in [-0.25, -0.2) is 15.0 Å². The van der Waals surface area contributed by atoms with Crippen molar-refractivity contribution in [2.45, 2.75) is 0 Å². The van der Waals surface area contributed by atoms with Crippen LogP contribution in [0.4, 0.5) is 0 Å². The molecule has 14 rings (SSSR count). The first-order valence-electron chi connectivity index (χ1n) is 21.2. The summed E-state index contributed by atoms with van der Waals surface area (Å²) in [4.78, 5) is 15.6. The minimum Gasteiger partial charge on any atom is -0.456 e. The number of hydrogen-bond donors (Lipinski definition) is 0. The van der Waals surface area contributed by atoms with Crippen LogP contribution in [0.15, 0.2) is 199 Å². The number of fused-ring (bicyclic) bond motifs is 13. The van der Waals surface area contributed by atoms with E-state index in [2.05, 4.69) is 199 Å². The van der Waals surface area contributed by atoms with E-state index in [9.17, 15) is 0 Å². The first-order chi connectivity index (χ1) is 31.2. The van der Waals surface area contributed by atoms with Gasteiger partial charge in [-0.3, -0.25) is 0 Å². The predicted molar refractivity (Wildman–Crippen MR) is 263 cm³/mol. The topological polar surface area (TPSA) is 56.7 Å². The molecule has 0 radical (unpaired) electrons. The van der Waals surface area contributed by atoms with Gasteiger partial charge >= 0.3 is 0 Å². The van der Waals surface area contributed by atoms with E-state index in [1.807, 2.05) is 0 Å². The Morgan fingerprint density at radius 1 is 0.349 bits per heavy atom. The highest BCUT2D eigenvalue weighted by molar-refractivity contribution is 7.25. The molecule has 0 spiro atoms. The predicted octanol–water partition coefficient (Wildman–Crippen LogP) is 15.7. The third-order valence-corrected chi connectivity index (χ3v) is 13.9. The molecule has 5 nitrogen and oxygen atoms in total. The quantitative estimate of drug-likeness (QED) is 0.177. The Hall–Kier alpha value is -8.19. The number of para-hydroxylation sites is 1. The van der Waals surface area contributed by atoms with E-state index in [-0.39, 0.29) is 0 Å². The van der Waals surface area contributed by atoms with E-state index in [0.29, 0.717) is 17.5 Å². The number of aromatic nitrogens is 4. The molecular weight excluding hydrogens is 789 g/mol. The van der Waals surface area contributed by atoms with Crippen molar-refractivity contribution < 1.29 is 4.42 Å². The van der Waals surface area contributed by atoms with Crippen LogP contribution in [0.3, 0.4) is 0 Å². The van der Waals surface area contributed by atoms with E-state index in [1.165, 1.54) is 47.1 Å². The van der Waals surface area contributed by atoms with Gasteiger partial charge in [0, 0.05) is 69.9 Å². The van der Waals surface area contributed by atoms with Gasteiger partial charge in [0.25, 0.3) is 0 Å². The van der Waals surface area contributed by atoms with Crippen LogP contribution >= 0.6 is 11.3 Å². The fraction of sp³-hybridized carbons (Fsp3) is 0. The third kappa shape index (κ3) is 5.25. The molecule has 0 saturated heterocycles. The molecule has 0 aliphatic carbocycles. The second-order valence-electron chi connectivity index (χ2n) is 16.4. The minimum absolute atomic E-state index is 0.606. The molecule has 63 heavy (non-hydrogen) atoms. The Bertz CT molecular complexity index is 4230. The van der Waals surface area contributed by atoms with Gasteiger partial charge in [-0.05, 0) is 81.5 Å². The summed E-state index contributed by atoms with van der Waals surface area (Å²) < 4.78 is 11.7. The maximum Gasteiger partial charge on any atom is 0.164 e. The van der Waals surface area contributed by atoms with Gasteiger partial charge in [0.2, 0.25) is 0 Å². The van der Waals surface area contributed by atoms with Crippen LogP contribution < -0.4 is 0 Å². The van der Waals surface area contributed by atoms with Gasteiger partial charge in [-0.2, -0.15) is 0 Å². The van der Waals surface area contributed by atoms with Crippen LogP contribution in [-0.2, 0) is 0 Å². The smallest absolute Gasteiger partial charge is 0.164 e. The molecule has 0 saturated carbocycles. The summed E-state index contributed by atoms with van der Waals surface area (Å²) >= 11 is 1.80. The second kappa shape index (κ2) is 13.2. The first-order valence-corrected chi connectivity index (χ1v) is 22.0. The summed E-state index contributed by atoms with van der Waals surface area (Å²) in [6, 6.07) is 69.2. The van der Waals surface area contributed by atoms with Crippen LogP contribution in [0.5, 0.6) is 0 Å². The van der Waals surface area contributed by atoms with Gasteiger partial charge in [0.1, 0.15) is 11.2 Å². The highest BCUT2D eigenvalue weighted by Crippen LogP contribution is 2.43. The molecule has 0 N–H and O–H groups in total. The number of furan rings is 1. The van der Waals surface area contributed by atoms with Crippen LogP contribution in [0.2, 0.25) is 0 Å². The number of nitrogens with zero attached hydrogens (tertiary/aromatic N) is 4. The SMILES string of the molecule is c1ccc2cc(-c3nc(-c4ccc5c(c4)sc4ccccc45)nc(-c4ccc5oc6cc(-n7c8ccccc8c8cc9ccccc9cc87)c7ccccc7c6c5c4)n3)ccc2c1. The van der Waals surface area contributed by atoms with Crippen molar-refractivity contribution in [3.05, 3.63) is 194 Å². The highest BCUT2D eigenvalue weighted by atomic mass is 32.1. The summed E-state index contributed by atoms with van der Waals surface area (Å²) in [6.45, 7) is 0. The van der Waals surface area contributed by atoms with Crippen molar-refractivity contribution in [3.63, 3.8) is 0 Å². The number of benzene rings is 10.